The molecule has 3 atom stereocenters. The molecule has 1 aliphatic carbocycles. The fourth-order valence-corrected chi connectivity index (χ4v) is 3.68. The predicted molar refractivity (Wildman–Crippen MR) is 83.1 cm³/mol. The minimum Gasteiger partial charge on any atom is -0.338 e. The maximum absolute atomic E-state index is 13.4. The third kappa shape index (κ3) is 3.06. The largest absolute Gasteiger partial charge is 0.338 e. The van der Waals surface area contributed by atoms with E-state index in [4.69, 9.17) is 5.73 Å². The second kappa shape index (κ2) is 6.32. The minimum absolute atomic E-state index is 0. The lowest BCUT2D eigenvalue weighted by Crippen LogP contribution is -2.38. The Morgan fingerprint density at radius 3 is 2.81 bits per heavy atom. The molecule has 0 spiro atoms. The second-order valence-electron chi connectivity index (χ2n) is 6.19. The Bertz CT molecular complexity index is 537. The topological polar surface area (TPSA) is 46.3 Å². The first-order chi connectivity index (χ1) is 9.56. The maximum Gasteiger partial charge on any atom is 0.254 e. The number of hydrogen-bond acceptors (Lipinski definition) is 2. The molecule has 2 aliphatic rings. The molecule has 3 unspecified atom stereocenters. The molecule has 1 amide bonds. The van der Waals surface area contributed by atoms with Crippen molar-refractivity contribution >= 4 is 18.3 Å². The number of halogens is 2. The number of carbonyl (C=O) groups is 1. The number of benzene rings is 1. The fourth-order valence-electron chi connectivity index (χ4n) is 3.68. The molecule has 1 heterocycles. The number of carbonyl (C=O) groups excluding carboxylic acids is 1. The summed E-state index contributed by atoms with van der Waals surface area (Å²) in [7, 11) is 0. The van der Waals surface area contributed by atoms with Crippen molar-refractivity contribution in [2.45, 2.75) is 32.2 Å². The van der Waals surface area contributed by atoms with Gasteiger partial charge in [0.25, 0.3) is 5.91 Å². The van der Waals surface area contributed by atoms with Crippen LogP contribution in [0.4, 0.5) is 4.39 Å². The van der Waals surface area contributed by atoms with Gasteiger partial charge in [-0.2, -0.15) is 0 Å². The lowest BCUT2D eigenvalue weighted by Gasteiger charge is -2.29. The molecule has 0 aromatic heterocycles. The number of amides is 1. The smallest absolute Gasteiger partial charge is 0.254 e. The van der Waals surface area contributed by atoms with E-state index < -0.39 is 0 Å². The summed E-state index contributed by atoms with van der Waals surface area (Å²) >= 11 is 0. The molecule has 3 rings (SSSR count). The number of hydrogen-bond donors (Lipinski definition) is 1. The number of aryl methyl sites for hydroxylation is 1. The molecule has 3 nitrogen and oxygen atoms in total. The van der Waals surface area contributed by atoms with Gasteiger partial charge in [0.2, 0.25) is 0 Å². The van der Waals surface area contributed by atoms with Crippen molar-refractivity contribution in [1.82, 2.24) is 4.90 Å². The van der Waals surface area contributed by atoms with Crippen LogP contribution in [0.25, 0.3) is 0 Å². The maximum atomic E-state index is 13.4. The van der Waals surface area contributed by atoms with Crippen LogP contribution in [0.1, 0.15) is 35.2 Å². The standard InChI is InChI=1S/C16H21FN2O.ClH/c1-10-5-6-12(17)7-13(10)16(20)19-8-11-3-2-4-15(18)14(11)9-19;/h5-7,11,14-15H,2-4,8-9,18H2,1H3;1H. The van der Waals surface area contributed by atoms with E-state index in [0.29, 0.717) is 17.4 Å². The lowest BCUT2D eigenvalue weighted by atomic mass is 9.78. The molecule has 2 N–H and O–H groups in total. The minimum atomic E-state index is -0.354. The Labute approximate surface area is 131 Å². The molecule has 0 radical (unpaired) electrons. The molecular formula is C16H22ClFN2O. The van der Waals surface area contributed by atoms with E-state index in [-0.39, 0.29) is 30.2 Å². The lowest BCUT2D eigenvalue weighted by molar-refractivity contribution is 0.0782. The summed E-state index contributed by atoms with van der Waals surface area (Å²) in [6.07, 6.45) is 3.37. The highest BCUT2D eigenvalue weighted by Crippen LogP contribution is 2.36. The van der Waals surface area contributed by atoms with E-state index in [1.807, 2.05) is 11.8 Å². The quantitative estimate of drug-likeness (QED) is 0.866. The van der Waals surface area contributed by atoms with E-state index in [1.165, 1.54) is 12.1 Å². The Balaban J connectivity index is 0.00000161. The van der Waals surface area contributed by atoms with Crippen molar-refractivity contribution in [3.8, 4) is 0 Å². The van der Waals surface area contributed by atoms with E-state index in [9.17, 15) is 9.18 Å². The van der Waals surface area contributed by atoms with Crippen LogP contribution in [0, 0.1) is 24.6 Å². The SMILES string of the molecule is Cc1ccc(F)cc1C(=O)N1CC2CCCC(N)C2C1.Cl. The summed E-state index contributed by atoms with van der Waals surface area (Å²) in [5.74, 6) is 0.536. The van der Waals surface area contributed by atoms with E-state index in [0.717, 1.165) is 37.9 Å². The van der Waals surface area contributed by atoms with Crippen LogP contribution < -0.4 is 5.73 Å². The van der Waals surface area contributed by atoms with Gasteiger partial charge in [-0.3, -0.25) is 4.79 Å². The van der Waals surface area contributed by atoms with Gasteiger partial charge in [0.1, 0.15) is 5.82 Å². The number of likely N-dealkylation sites (tertiary alicyclic amines) is 1. The summed E-state index contributed by atoms with van der Waals surface area (Å²) in [6.45, 7) is 3.34. The Morgan fingerprint density at radius 1 is 1.33 bits per heavy atom. The molecule has 1 aromatic rings. The third-order valence-corrected chi connectivity index (χ3v) is 4.87. The molecule has 0 bridgehead atoms. The van der Waals surface area contributed by atoms with Crippen molar-refractivity contribution < 1.29 is 9.18 Å². The molecular weight excluding hydrogens is 291 g/mol. The number of fused-ring (bicyclic) bond motifs is 1. The Kier molecular flexibility index (Phi) is 4.89. The molecule has 1 saturated heterocycles. The van der Waals surface area contributed by atoms with Gasteiger partial charge in [-0.25, -0.2) is 4.39 Å². The summed E-state index contributed by atoms with van der Waals surface area (Å²) in [6, 6.07) is 4.61. The van der Waals surface area contributed by atoms with Crippen LogP contribution in [0.2, 0.25) is 0 Å². The van der Waals surface area contributed by atoms with Gasteiger partial charge in [0, 0.05) is 24.7 Å². The number of rotatable bonds is 1. The first-order valence-corrected chi connectivity index (χ1v) is 7.37. The van der Waals surface area contributed by atoms with Gasteiger partial charge in [0.15, 0.2) is 0 Å². The van der Waals surface area contributed by atoms with Crippen LogP contribution in [0.15, 0.2) is 18.2 Å². The molecule has 116 valence electrons. The van der Waals surface area contributed by atoms with Gasteiger partial charge in [-0.1, -0.05) is 12.5 Å². The average molecular weight is 313 g/mol. The highest BCUT2D eigenvalue weighted by Gasteiger charge is 2.40. The van der Waals surface area contributed by atoms with Crippen molar-refractivity contribution in [3.63, 3.8) is 0 Å². The zero-order chi connectivity index (χ0) is 14.3. The average Bonchev–Trinajstić information content (AvgIpc) is 2.86. The molecule has 2 fully saturated rings. The molecule has 5 heteroatoms. The van der Waals surface area contributed by atoms with Crippen molar-refractivity contribution in [1.29, 1.82) is 0 Å². The van der Waals surface area contributed by atoms with Gasteiger partial charge in [-0.05, 0) is 49.3 Å². The predicted octanol–water partition coefficient (Wildman–Crippen LogP) is 2.76. The van der Waals surface area contributed by atoms with Crippen LogP contribution >= 0.6 is 12.4 Å². The number of nitrogens with zero attached hydrogens (tertiary/aromatic N) is 1. The van der Waals surface area contributed by atoms with E-state index in [2.05, 4.69) is 0 Å². The van der Waals surface area contributed by atoms with Gasteiger partial charge in [0.05, 0.1) is 0 Å². The molecule has 1 saturated carbocycles. The highest BCUT2D eigenvalue weighted by molar-refractivity contribution is 5.95. The van der Waals surface area contributed by atoms with Gasteiger partial charge < -0.3 is 10.6 Å². The van der Waals surface area contributed by atoms with E-state index >= 15 is 0 Å². The zero-order valence-corrected chi connectivity index (χ0v) is 13.0. The highest BCUT2D eigenvalue weighted by atomic mass is 35.5. The number of nitrogens with two attached hydrogens (primary N) is 1. The van der Waals surface area contributed by atoms with Crippen LogP contribution in [0.3, 0.4) is 0 Å². The van der Waals surface area contributed by atoms with Crippen LogP contribution in [-0.4, -0.2) is 29.9 Å². The summed E-state index contributed by atoms with van der Waals surface area (Å²) in [5.41, 5.74) is 7.49. The van der Waals surface area contributed by atoms with E-state index in [1.54, 1.807) is 6.07 Å². The summed E-state index contributed by atoms with van der Waals surface area (Å²) < 4.78 is 13.4. The normalized spacial score (nSPS) is 28.0. The van der Waals surface area contributed by atoms with Crippen molar-refractivity contribution in [2.24, 2.45) is 17.6 Å². The Morgan fingerprint density at radius 2 is 2.10 bits per heavy atom. The van der Waals surface area contributed by atoms with Gasteiger partial charge >= 0.3 is 0 Å². The fraction of sp³-hybridized carbons (Fsp3) is 0.562. The molecule has 1 aliphatic heterocycles. The summed E-state index contributed by atoms with van der Waals surface area (Å²) in [4.78, 5) is 14.5. The zero-order valence-electron chi connectivity index (χ0n) is 12.2. The third-order valence-electron chi connectivity index (χ3n) is 4.87. The van der Waals surface area contributed by atoms with Crippen LogP contribution in [0.5, 0.6) is 0 Å². The first kappa shape index (κ1) is 16.2. The monoisotopic (exact) mass is 312 g/mol. The Hall–Kier alpha value is -1.13. The van der Waals surface area contributed by atoms with Gasteiger partial charge in [-0.15, -0.1) is 12.4 Å². The molecule has 21 heavy (non-hydrogen) atoms. The summed E-state index contributed by atoms with van der Waals surface area (Å²) in [5, 5.41) is 0. The second-order valence-corrected chi connectivity index (χ2v) is 6.19. The van der Waals surface area contributed by atoms with Crippen molar-refractivity contribution in [3.05, 3.63) is 35.1 Å². The van der Waals surface area contributed by atoms with Crippen LogP contribution in [-0.2, 0) is 0 Å². The first-order valence-electron chi connectivity index (χ1n) is 7.37. The molecule has 1 aromatic carbocycles. The van der Waals surface area contributed by atoms with Crippen molar-refractivity contribution in [2.75, 3.05) is 13.1 Å².